The second kappa shape index (κ2) is 5.88. The number of rotatable bonds is 3. The van der Waals surface area contributed by atoms with Crippen LogP contribution in [0.4, 0.5) is 14.5 Å². The van der Waals surface area contributed by atoms with Crippen molar-refractivity contribution in [3.63, 3.8) is 0 Å². The van der Waals surface area contributed by atoms with Gasteiger partial charge in [-0.2, -0.15) is 0 Å². The van der Waals surface area contributed by atoms with Crippen LogP contribution in [0.5, 0.6) is 0 Å². The first-order valence-corrected chi connectivity index (χ1v) is 6.78. The molecule has 2 aromatic rings. The molecule has 0 fully saturated rings. The first-order chi connectivity index (χ1) is 8.97. The fraction of sp³-hybridized carbons (Fsp3) is 0.143. The van der Waals surface area contributed by atoms with E-state index >= 15 is 0 Å². The van der Waals surface area contributed by atoms with Gasteiger partial charge >= 0.3 is 0 Å². The van der Waals surface area contributed by atoms with E-state index in [-0.39, 0.29) is 10.8 Å². The third-order valence-corrected chi connectivity index (χ3v) is 3.63. The fourth-order valence-corrected chi connectivity index (χ4v) is 2.34. The van der Waals surface area contributed by atoms with Gasteiger partial charge in [0.25, 0.3) is 0 Å². The van der Waals surface area contributed by atoms with Crippen LogP contribution in [0.25, 0.3) is 0 Å². The van der Waals surface area contributed by atoms with Crippen LogP contribution >= 0.6 is 27.5 Å². The van der Waals surface area contributed by atoms with Crippen LogP contribution in [-0.2, 0) is 6.54 Å². The molecule has 0 radical (unpaired) electrons. The predicted octanol–water partition coefficient (Wildman–Crippen LogP) is 5.30. The van der Waals surface area contributed by atoms with Crippen molar-refractivity contribution in [1.29, 1.82) is 0 Å². The second-order valence-corrected chi connectivity index (χ2v) is 5.44. The molecule has 0 aliphatic rings. The van der Waals surface area contributed by atoms with Crippen molar-refractivity contribution in [2.45, 2.75) is 13.5 Å². The van der Waals surface area contributed by atoms with E-state index in [1.54, 1.807) is 18.2 Å². The summed E-state index contributed by atoms with van der Waals surface area (Å²) in [5.41, 5.74) is 2.44. The number of anilines is 1. The van der Waals surface area contributed by atoms with Gasteiger partial charge in [0.1, 0.15) is 11.6 Å². The molecule has 0 atom stereocenters. The minimum Gasteiger partial charge on any atom is -0.381 e. The first kappa shape index (κ1) is 14.3. The SMILES string of the molecule is Cc1cc(Br)c(F)cc1NCc1ccc(F)c(Cl)c1. The van der Waals surface area contributed by atoms with E-state index < -0.39 is 5.82 Å². The maximum atomic E-state index is 13.4. The van der Waals surface area contributed by atoms with Gasteiger partial charge in [0.2, 0.25) is 0 Å². The molecule has 5 heteroatoms. The Kier molecular flexibility index (Phi) is 4.42. The highest BCUT2D eigenvalue weighted by molar-refractivity contribution is 9.10. The molecular weight excluding hydrogens is 336 g/mol. The highest BCUT2D eigenvalue weighted by atomic mass is 79.9. The van der Waals surface area contributed by atoms with E-state index in [1.165, 1.54) is 12.1 Å². The van der Waals surface area contributed by atoms with Crippen LogP contribution in [0, 0.1) is 18.6 Å². The number of hydrogen-bond donors (Lipinski definition) is 1. The molecule has 0 amide bonds. The summed E-state index contributed by atoms with van der Waals surface area (Å²) >= 11 is 8.84. The van der Waals surface area contributed by atoms with Gasteiger partial charge in [-0.3, -0.25) is 0 Å². The lowest BCUT2D eigenvalue weighted by Gasteiger charge is -2.11. The molecule has 0 saturated carbocycles. The molecule has 1 nitrogen and oxygen atoms in total. The Balaban J connectivity index is 2.14. The van der Waals surface area contributed by atoms with E-state index in [2.05, 4.69) is 21.2 Å². The van der Waals surface area contributed by atoms with Crippen molar-refractivity contribution < 1.29 is 8.78 Å². The van der Waals surface area contributed by atoms with Crippen LogP contribution in [-0.4, -0.2) is 0 Å². The van der Waals surface area contributed by atoms with E-state index in [0.717, 1.165) is 11.1 Å². The third kappa shape index (κ3) is 3.45. The molecule has 0 heterocycles. The average molecular weight is 347 g/mol. The molecule has 0 aromatic heterocycles. The van der Waals surface area contributed by atoms with Crippen molar-refractivity contribution in [2.24, 2.45) is 0 Å². The largest absolute Gasteiger partial charge is 0.381 e. The lowest BCUT2D eigenvalue weighted by Crippen LogP contribution is -2.02. The molecule has 1 N–H and O–H groups in total. The summed E-state index contributed by atoms with van der Waals surface area (Å²) in [7, 11) is 0. The maximum Gasteiger partial charge on any atom is 0.141 e. The van der Waals surface area contributed by atoms with Crippen LogP contribution in [0.15, 0.2) is 34.8 Å². The van der Waals surface area contributed by atoms with Crippen molar-refractivity contribution in [3.8, 4) is 0 Å². The molecule has 0 aliphatic carbocycles. The number of benzene rings is 2. The minimum atomic E-state index is -0.448. The quantitative estimate of drug-likeness (QED) is 0.795. The molecule has 0 unspecified atom stereocenters. The topological polar surface area (TPSA) is 12.0 Å². The van der Waals surface area contributed by atoms with Gasteiger partial charge in [0.05, 0.1) is 9.50 Å². The summed E-state index contributed by atoms with van der Waals surface area (Å²) in [6.07, 6.45) is 0. The first-order valence-electron chi connectivity index (χ1n) is 5.61. The van der Waals surface area contributed by atoms with Crippen molar-refractivity contribution >= 4 is 33.2 Å². The van der Waals surface area contributed by atoms with Crippen molar-refractivity contribution in [1.82, 2.24) is 0 Å². The lowest BCUT2D eigenvalue weighted by atomic mass is 10.1. The summed E-state index contributed by atoms with van der Waals surface area (Å²) in [6, 6.07) is 7.63. The van der Waals surface area contributed by atoms with Gasteiger partial charge in [0.15, 0.2) is 0 Å². The molecule has 19 heavy (non-hydrogen) atoms. The van der Waals surface area contributed by atoms with Crippen LogP contribution in [0.2, 0.25) is 5.02 Å². The molecule has 2 aromatic carbocycles. The molecule has 0 aliphatic heterocycles. The highest BCUT2D eigenvalue weighted by Gasteiger charge is 2.06. The minimum absolute atomic E-state index is 0.0815. The monoisotopic (exact) mass is 345 g/mol. The maximum absolute atomic E-state index is 13.4. The fourth-order valence-electron chi connectivity index (χ4n) is 1.68. The van der Waals surface area contributed by atoms with Gasteiger partial charge in [-0.25, -0.2) is 8.78 Å². The summed E-state index contributed by atoms with van der Waals surface area (Å²) in [4.78, 5) is 0. The lowest BCUT2D eigenvalue weighted by molar-refractivity contribution is 0.621. The van der Waals surface area contributed by atoms with Gasteiger partial charge in [-0.1, -0.05) is 17.7 Å². The van der Waals surface area contributed by atoms with Crippen molar-refractivity contribution in [2.75, 3.05) is 5.32 Å². The Morgan fingerprint density at radius 2 is 1.89 bits per heavy atom. The van der Waals surface area contributed by atoms with E-state index in [9.17, 15) is 8.78 Å². The summed E-state index contributed by atoms with van der Waals surface area (Å²) in [5, 5.41) is 3.18. The molecule has 0 saturated heterocycles. The Morgan fingerprint density at radius 3 is 2.58 bits per heavy atom. The Labute approximate surface area is 123 Å². The van der Waals surface area contributed by atoms with Gasteiger partial charge < -0.3 is 5.32 Å². The highest BCUT2D eigenvalue weighted by Crippen LogP contribution is 2.24. The predicted molar refractivity (Wildman–Crippen MR) is 77.6 cm³/mol. The summed E-state index contributed by atoms with van der Waals surface area (Å²) in [6.45, 7) is 2.33. The molecule has 0 spiro atoms. The molecule has 0 bridgehead atoms. The normalized spacial score (nSPS) is 10.6. The Hall–Kier alpha value is -1.13. The van der Waals surface area contributed by atoms with E-state index in [1.807, 2.05) is 6.92 Å². The molecule has 100 valence electrons. The zero-order valence-electron chi connectivity index (χ0n) is 10.1. The zero-order chi connectivity index (χ0) is 14.0. The number of nitrogens with one attached hydrogen (secondary N) is 1. The standard InChI is InChI=1S/C14H11BrClF2N/c1-8-4-10(15)13(18)6-14(8)19-7-9-2-3-12(17)11(16)5-9/h2-6,19H,7H2,1H3. The summed E-state index contributed by atoms with van der Waals surface area (Å²) in [5.74, 6) is -0.776. The van der Waals surface area contributed by atoms with Crippen LogP contribution < -0.4 is 5.32 Å². The zero-order valence-corrected chi connectivity index (χ0v) is 12.4. The third-order valence-electron chi connectivity index (χ3n) is 2.73. The van der Waals surface area contributed by atoms with E-state index in [0.29, 0.717) is 16.7 Å². The molecule has 2 rings (SSSR count). The van der Waals surface area contributed by atoms with Gasteiger partial charge in [-0.05, 0) is 58.2 Å². The van der Waals surface area contributed by atoms with Gasteiger partial charge in [-0.15, -0.1) is 0 Å². The smallest absolute Gasteiger partial charge is 0.141 e. The van der Waals surface area contributed by atoms with Crippen molar-refractivity contribution in [3.05, 3.63) is 62.6 Å². The average Bonchev–Trinajstić information content (AvgIpc) is 2.36. The molecular formula is C14H11BrClF2N. The second-order valence-electron chi connectivity index (χ2n) is 4.18. The summed E-state index contributed by atoms with van der Waals surface area (Å²) < 4.78 is 26.9. The van der Waals surface area contributed by atoms with Crippen LogP contribution in [0.1, 0.15) is 11.1 Å². The van der Waals surface area contributed by atoms with E-state index in [4.69, 9.17) is 11.6 Å². The van der Waals surface area contributed by atoms with Gasteiger partial charge in [0, 0.05) is 12.2 Å². The number of hydrogen-bond acceptors (Lipinski definition) is 1. The Bertz CT molecular complexity index is 617. The number of halogens is 4. The Morgan fingerprint density at radius 1 is 1.16 bits per heavy atom. The number of aryl methyl sites for hydroxylation is 1. The van der Waals surface area contributed by atoms with Crippen LogP contribution in [0.3, 0.4) is 0 Å².